The predicted molar refractivity (Wildman–Crippen MR) is 84.6 cm³/mol. The highest BCUT2D eigenvalue weighted by Gasteiger charge is 2.35. The molecule has 2 unspecified atom stereocenters. The lowest BCUT2D eigenvalue weighted by atomic mass is 9.84. The second kappa shape index (κ2) is 7.53. The standard InChI is InChI=1S/C17H17F4N3O3/c1-2-26-16-22-15(27-23-16)11-5-10(7-24(8-11)9-25)13-4-3-12(6-14(13)18)17(19,20)21/h3-4,6,9-11H,2,5,7-8H2,1H3. The number of halogens is 4. The number of alkyl halides is 3. The number of amides is 1. The minimum atomic E-state index is -4.62. The van der Waals surface area contributed by atoms with Crippen molar-refractivity contribution in [3.8, 4) is 6.01 Å². The molecule has 0 bridgehead atoms. The molecule has 1 amide bonds. The Balaban J connectivity index is 1.85. The minimum absolute atomic E-state index is 0.0630. The molecule has 2 aromatic rings. The van der Waals surface area contributed by atoms with Gasteiger partial charge in [-0.05, 0) is 36.2 Å². The van der Waals surface area contributed by atoms with E-state index in [-0.39, 0.29) is 36.5 Å². The van der Waals surface area contributed by atoms with Crippen LogP contribution < -0.4 is 4.74 Å². The van der Waals surface area contributed by atoms with Gasteiger partial charge in [-0.15, -0.1) is 0 Å². The number of piperidine rings is 1. The molecule has 0 spiro atoms. The Morgan fingerprint density at radius 2 is 2.07 bits per heavy atom. The lowest BCUT2D eigenvalue weighted by Crippen LogP contribution is -2.38. The van der Waals surface area contributed by atoms with Gasteiger partial charge < -0.3 is 14.2 Å². The zero-order valence-electron chi connectivity index (χ0n) is 14.4. The van der Waals surface area contributed by atoms with Crippen molar-refractivity contribution in [2.24, 2.45) is 0 Å². The number of likely N-dealkylation sites (tertiary alicyclic amines) is 1. The number of hydrogen-bond acceptors (Lipinski definition) is 5. The molecule has 2 atom stereocenters. The van der Waals surface area contributed by atoms with E-state index in [2.05, 4.69) is 10.1 Å². The number of carbonyl (C=O) groups is 1. The molecule has 0 aliphatic carbocycles. The number of benzene rings is 1. The van der Waals surface area contributed by atoms with Crippen LogP contribution in [0.4, 0.5) is 17.6 Å². The molecule has 2 heterocycles. The first-order chi connectivity index (χ1) is 12.8. The summed E-state index contributed by atoms with van der Waals surface area (Å²) >= 11 is 0. The monoisotopic (exact) mass is 387 g/mol. The largest absolute Gasteiger partial charge is 0.462 e. The molecule has 146 valence electrons. The highest BCUT2D eigenvalue weighted by Crippen LogP contribution is 2.38. The van der Waals surface area contributed by atoms with E-state index < -0.39 is 23.5 Å². The normalized spacial score (nSPS) is 20.6. The Morgan fingerprint density at radius 3 is 2.70 bits per heavy atom. The van der Waals surface area contributed by atoms with Gasteiger partial charge in [0.15, 0.2) is 0 Å². The Kier molecular flexibility index (Phi) is 5.33. The van der Waals surface area contributed by atoms with Gasteiger partial charge in [0.05, 0.1) is 18.1 Å². The van der Waals surface area contributed by atoms with Crippen molar-refractivity contribution in [2.75, 3.05) is 19.7 Å². The molecule has 1 saturated heterocycles. The summed E-state index contributed by atoms with van der Waals surface area (Å²) in [7, 11) is 0. The molecule has 1 aliphatic heterocycles. The topological polar surface area (TPSA) is 68.5 Å². The fourth-order valence-corrected chi connectivity index (χ4v) is 3.23. The van der Waals surface area contributed by atoms with Crippen molar-refractivity contribution in [3.63, 3.8) is 0 Å². The molecular formula is C17H17F4N3O3. The SMILES string of the molecule is CCOc1noc(C2CC(c3ccc(C(F)(F)F)cc3F)CN(C=O)C2)n1. The first-order valence-corrected chi connectivity index (χ1v) is 8.34. The van der Waals surface area contributed by atoms with Crippen LogP contribution in [0.3, 0.4) is 0 Å². The van der Waals surface area contributed by atoms with E-state index >= 15 is 0 Å². The van der Waals surface area contributed by atoms with Crippen molar-refractivity contribution >= 4 is 6.41 Å². The fraction of sp³-hybridized carbons (Fsp3) is 0.471. The zero-order chi connectivity index (χ0) is 19.6. The maximum Gasteiger partial charge on any atom is 0.416 e. The molecule has 0 radical (unpaired) electrons. The molecule has 6 nitrogen and oxygen atoms in total. The van der Waals surface area contributed by atoms with Crippen LogP contribution in [0.5, 0.6) is 6.01 Å². The van der Waals surface area contributed by atoms with Gasteiger partial charge in [-0.1, -0.05) is 6.07 Å². The molecule has 27 heavy (non-hydrogen) atoms. The van der Waals surface area contributed by atoms with Crippen LogP contribution in [0.25, 0.3) is 0 Å². The minimum Gasteiger partial charge on any atom is -0.462 e. The van der Waals surface area contributed by atoms with E-state index in [4.69, 9.17) is 9.26 Å². The van der Waals surface area contributed by atoms with Crippen LogP contribution in [-0.4, -0.2) is 41.1 Å². The third-order valence-corrected chi connectivity index (χ3v) is 4.44. The summed E-state index contributed by atoms with van der Waals surface area (Å²) in [4.78, 5) is 16.8. The highest BCUT2D eigenvalue weighted by atomic mass is 19.4. The molecule has 10 heteroatoms. The van der Waals surface area contributed by atoms with Crippen LogP contribution in [0.15, 0.2) is 22.7 Å². The first kappa shape index (κ1) is 19.1. The van der Waals surface area contributed by atoms with Gasteiger partial charge in [-0.2, -0.15) is 18.2 Å². The van der Waals surface area contributed by atoms with Crippen LogP contribution in [0.1, 0.15) is 42.2 Å². The van der Waals surface area contributed by atoms with E-state index in [9.17, 15) is 22.4 Å². The number of nitrogens with zero attached hydrogens (tertiary/aromatic N) is 3. The van der Waals surface area contributed by atoms with Crippen molar-refractivity contribution in [1.29, 1.82) is 0 Å². The Morgan fingerprint density at radius 1 is 1.33 bits per heavy atom. The Hall–Kier alpha value is -2.65. The van der Waals surface area contributed by atoms with E-state index in [0.29, 0.717) is 25.5 Å². The van der Waals surface area contributed by atoms with Gasteiger partial charge >= 0.3 is 12.2 Å². The first-order valence-electron chi connectivity index (χ1n) is 8.34. The second-order valence-corrected chi connectivity index (χ2v) is 6.27. The molecular weight excluding hydrogens is 370 g/mol. The zero-order valence-corrected chi connectivity index (χ0v) is 14.4. The summed E-state index contributed by atoms with van der Waals surface area (Å²) in [5.41, 5.74) is -0.939. The van der Waals surface area contributed by atoms with Gasteiger partial charge in [0, 0.05) is 19.0 Å². The second-order valence-electron chi connectivity index (χ2n) is 6.27. The maximum atomic E-state index is 14.4. The molecule has 1 fully saturated rings. The van der Waals surface area contributed by atoms with Gasteiger partial charge in [0.2, 0.25) is 12.3 Å². The average molecular weight is 387 g/mol. The van der Waals surface area contributed by atoms with Crippen molar-refractivity contribution in [3.05, 3.63) is 41.0 Å². The summed E-state index contributed by atoms with van der Waals surface area (Å²) < 4.78 is 62.9. The lowest BCUT2D eigenvalue weighted by molar-refractivity contribution is -0.137. The van der Waals surface area contributed by atoms with E-state index in [1.54, 1.807) is 6.92 Å². The maximum absolute atomic E-state index is 14.4. The molecule has 1 aromatic carbocycles. The summed E-state index contributed by atoms with van der Waals surface area (Å²) in [5, 5.41) is 3.67. The van der Waals surface area contributed by atoms with Gasteiger partial charge in [0.1, 0.15) is 5.82 Å². The highest BCUT2D eigenvalue weighted by molar-refractivity contribution is 5.48. The average Bonchev–Trinajstić information content (AvgIpc) is 3.09. The Labute approximate surface area is 152 Å². The quantitative estimate of drug-likeness (QED) is 0.581. The molecule has 1 aliphatic rings. The smallest absolute Gasteiger partial charge is 0.416 e. The number of aromatic nitrogens is 2. The van der Waals surface area contributed by atoms with Crippen LogP contribution in [0.2, 0.25) is 0 Å². The number of rotatable bonds is 5. The summed E-state index contributed by atoms with van der Waals surface area (Å²) in [5.74, 6) is -1.60. The van der Waals surface area contributed by atoms with Crippen LogP contribution in [-0.2, 0) is 11.0 Å². The fourth-order valence-electron chi connectivity index (χ4n) is 3.23. The van der Waals surface area contributed by atoms with Gasteiger partial charge in [0.25, 0.3) is 0 Å². The number of carbonyl (C=O) groups excluding carboxylic acids is 1. The third-order valence-electron chi connectivity index (χ3n) is 4.44. The van der Waals surface area contributed by atoms with Crippen LogP contribution >= 0.6 is 0 Å². The van der Waals surface area contributed by atoms with E-state index in [1.807, 2.05) is 0 Å². The van der Waals surface area contributed by atoms with Gasteiger partial charge in [-0.25, -0.2) is 4.39 Å². The molecule has 0 N–H and O–H groups in total. The summed E-state index contributed by atoms with van der Waals surface area (Å²) in [6.45, 7) is 2.59. The summed E-state index contributed by atoms with van der Waals surface area (Å²) in [6, 6.07) is 2.50. The molecule has 1 aromatic heterocycles. The Bertz CT molecular complexity index is 809. The number of hydrogen-bond donors (Lipinski definition) is 0. The predicted octanol–water partition coefficient (Wildman–Crippen LogP) is 3.36. The van der Waals surface area contributed by atoms with Crippen LogP contribution in [0, 0.1) is 5.82 Å². The number of ether oxygens (including phenoxy) is 1. The van der Waals surface area contributed by atoms with Crippen molar-refractivity contribution in [2.45, 2.75) is 31.4 Å². The van der Waals surface area contributed by atoms with Gasteiger partial charge in [-0.3, -0.25) is 4.79 Å². The molecule has 3 rings (SSSR count). The summed E-state index contributed by atoms with van der Waals surface area (Å²) in [6.07, 6.45) is -3.66. The van der Waals surface area contributed by atoms with E-state index in [1.165, 1.54) is 4.90 Å². The van der Waals surface area contributed by atoms with E-state index in [0.717, 1.165) is 12.1 Å². The van der Waals surface area contributed by atoms with Crippen molar-refractivity contribution in [1.82, 2.24) is 15.0 Å². The third kappa shape index (κ3) is 4.20. The lowest BCUT2D eigenvalue weighted by Gasteiger charge is -2.34. The molecule has 0 saturated carbocycles. The van der Waals surface area contributed by atoms with Crippen molar-refractivity contribution < 1.29 is 31.6 Å².